The molecule has 2 amide bonds. The molecule has 0 spiro atoms. The number of rotatable bonds is 3. The fraction of sp³-hybridized carbons (Fsp3) is 0.800. The molecule has 16 heavy (non-hydrogen) atoms. The molecule has 6 heteroatoms. The van der Waals surface area contributed by atoms with Crippen LogP contribution in [0.1, 0.15) is 13.3 Å². The van der Waals surface area contributed by atoms with Crippen LogP contribution in [-0.2, 0) is 0 Å². The fourth-order valence-corrected chi connectivity index (χ4v) is 2.69. The SMILES string of the molecule is CC(CC(N)=S)N1CCN2C(=O)NCC2C1. The highest BCUT2D eigenvalue weighted by Crippen LogP contribution is 2.17. The molecule has 2 atom stereocenters. The lowest BCUT2D eigenvalue weighted by molar-refractivity contribution is 0.0961. The maximum Gasteiger partial charge on any atom is 0.317 e. The Kier molecular flexibility index (Phi) is 3.30. The zero-order valence-corrected chi connectivity index (χ0v) is 10.3. The number of carbonyl (C=O) groups is 1. The Bertz CT molecular complexity index is 309. The van der Waals surface area contributed by atoms with E-state index in [1.54, 1.807) is 0 Å². The summed E-state index contributed by atoms with van der Waals surface area (Å²) in [7, 11) is 0. The van der Waals surface area contributed by atoms with Crippen molar-refractivity contribution < 1.29 is 4.79 Å². The largest absolute Gasteiger partial charge is 0.393 e. The van der Waals surface area contributed by atoms with Crippen LogP contribution in [0.4, 0.5) is 4.79 Å². The molecule has 2 aliphatic rings. The van der Waals surface area contributed by atoms with E-state index in [0.29, 0.717) is 17.1 Å². The molecule has 0 radical (unpaired) electrons. The van der Waals surface area contributed by atoms with Gasteiger partial charge in [0.25, 0.3) is 0 Å². The topological polar surface area (TPSA) is 61.6 Å². The van der Waals surface area contributed by atoms with Crippen molar-refractivity contribution in [1.82, 2.24) is 15.1 Å². The molecule has 0 aromatic heterocycles. The molecular formula is C10H18N4OS. The van der Waals surface area contributed by atoms with Gasteiger partial charge in [0.15, 0.2) is 0 Å². The number of fused-ring (bicyclic) bond motifs is 1. The average Bonchev–Trinajstić information content (AvgIpc) is 2.59. The number of nitrogens with one attached hydrogen (secondary N) is 1. The highest BCUT2D eigenvalue weighted by atomic mass is 32.1. The third kappa shape index (κ3) is 2.27. The predicted octanol–water partition coefficient (Wildman–Crippen LogP) is -0.239. The van der Waals surface area contributed by atoms with Crippen molar-refractivity contribution in [3.05, 3.63) is 0 Å². The molecule has 0 bridgehead atoms. The van der Waals surface area contributed by atoms with E-state index in [-0.39, 0.29) is 6.03 Å². The summed E-state index contributed by atoms with van der Waals surface area (Å²) in [5, 5.41) is 2.87. The van der Waals surface area contributed by atoms with Crippen LogP contribution in [0, 0.1) is 0 Å². The van der Waals surface area contributed by atoms with E-state index in [4.69, 9.17) is 18.0 Å². The van der Waals surface area contributed by atoms with Gasteiger partial charge in [-0.05, 0) is 6.92 Å². The molecule has 0 saturated carbocycles. The quantitative estimate of drug-likeness (QED) is 0.671. The normalized spacial score (nSPS) is 27.4. The van der Waals surface area contributed by atoms with Crippen LogP contribution in [0.5, 0.6) is 0 Å². The third-order valence-electron chi connectivity index (χ3n) is 3.38. The second-order valence-electron chi connectivity index (χ2n) is 4.55. The maximum atomic E-state index is 11.4. The Morgan fingerprint density at radius 3 is 3.12 bits per heavy atom. The first kappa shape index (κ1) is 11.6. The van der Waals surface area contributed by atoms with E-state index in [0.717, 1.165) is 32.6 Å². The first-order chi connectivity index (χ1) is 7.58. The minimum Gasteiger partial charge on any atom is -0.393 e. The van der Waals surface area contributed by atoms with Crippen LogP contribution >= 0.6 is 12.2 Å². The van der Waals surface area contributed by atoms with E-state index in [1.165, 1.54) is 0 Å². The molecule has 2 heterocycles. The molecular weight excluding hydrogens is 224 g/mol. The number of nitrogens with zero attached hydrogens (tertiary/aromatic N) is 2. The van der Waals surface area contributed by atoms with Gasteiger partial charge in [-0.25, -0.2) is 4.79 Å². The van der Waals surface area contributed by atoms with E-state index < -0.39 is 0 Å². The molecule has 0 aliphatic carbocycles. The number of hydrogen-bond donors (Lipinski definition) is 2. The summed E-state index contributed by atoms with van der Waals surface area (Å²) in [6.07, 6.45) is 0.753. The fourth-order valence-electron chi connectivity index (χ4n) is 2.45. The number of hydrogen-bond acceptors (Lipinski definition) is 3. The number of nitrogens with two attached hydrogens (primary N) is 1. The summed E-state index contributed by atoms with van der Waals surface area (Å²) >= 11 is 4.93. The summed E-state index contributed by atoms with van der Waals surface area (Å²) in [5.41, 5.74) is 5.56. The zero-order valence-electron chi connectivity index (χ0n) is 9.48. The monoisotopic (exact) mass is 242 g/mol. The molecule has 0 aromatic rings. The van der Waals surface area contributed by atoms with Crippen molar-refractivity contribution in [2.45, 2.75) is 25.4 Å². The lowest BCUT2D eigenvalue weighted by Crippen LogP contribution is -2.54. The van der Waals surface area contributed by atoms with Gasteiger partial charge >= 0.3 is 6.03 Å². The van der Waals surface area contributed by atoms with Crippen molar-refractivity contribution in [2.24, 2.45) is 5.73 Å². The minimum absolute atomic E-state index is 0.0756. The predicted molar refractivity (Wildman–Crippen MR) is 66.3 cm³/mol. The summed E-state index contributed by atoms with van der Waals surface area (Å²) < 4.78 is 0. The van der Waals surface area contributed by atoms with Gasteiger partial charge in [0.05, 0.1) is 11.0 Å². The summed E-state index contributed by atoms with van der Waals surface area (Å²) in [6, 6.07) is 0.761. The Balaban J connectivity index is 1.91. The number of thiocarbonyl (C=S) groups is 1. The van der Waals surface area contributed by atoms with Crippen molar-refractivity contribution >= 4 is 23.2 Å². The first-order valence-electron chi connectivity index (χ1n) is 5.64. The van der Waals surface area contributed by atoms with Gasteiger partial charge in [0.2, 0.25) is 0 Å². The second kappa shape index (κ2) is 4.55. The highest BCUT2D eigenvalue weighted by molar-refractivity contribution is 7.80. The van der Waals surface area contributed by atoms with Gasteiger partial charge in [-0.2, -0.15) is 0 Å². The Hall–Kier alpha value is -0.880. The van der Waals surface area contributed by atoms with Crippen LogP contribution in [0.2, 0.25) is 0 Å². The van der Waals surface area contributed by atoms with Crippen molar-refractivity contribution in [3.63, 3.8) is 0 Å². The van der Waals surface area contributed by atoms with E-state index in [2.05, 4.69) is 17.1 Å². The third-order valence-corrected chi connectivity index (χ3v) is 3.55. The first-order valence-corrected chi connectivity index (χ1v) is 6.05. The molecule has 2 rings (SSSR count). The molecule has 2 saturated heterocycles. The molecule has 0 aromatic carbocycles. The number of urea groups is 1. The molecule has 5 nitrogen and oxygen atoms in total. The van der Waals surface area contributed by atoms with Crippen LogP contribution in [0.25, 0.3) is 0 Å². The number of amides is 2. The Labute approximate surface area is 101 Å². The lowest BCUT2D eigenvalue weighted by atomic mass is 10.1. The van der Waals surface area contributed by atoms with Crippen LogP contribution in [-0.4, -0.2) is 59.1 Å². The Morgan fingerprint density at radius 2 is 2.44 bits per heavy atom. The van der Waals surface area contributed by atoms with E-state index in [9.17, 15) is 4.79 Å². The summed E-state index contributed by atoms with van der Waals surface area (Å²) in [4.78, 5) is 16.3. The van der Waals surface area contributed by atoms with E-state index in [1.807, 2.05) is 4.90 Å². The van der Waals surface area contributed by atoms with Gasteiger partial charge in [-0.3, -0.25) is 4.90 Å². The van der Waals surface area contributed by atoms with E-state index >= 15 is 0 Å². The van der Waals surface area contributed by atoms with Gasteiger partial charge in [0, 0.05) is 38.6 Å². The molecule has 2 aliphatic heterocycles. The zero-order chi connectivity index (χ0) is 11.7. The van der Waals surface area contributed by atoms with Crippen molar-refractivity contribution in [2.75, 3.05) is 26.2 Å². The maximum absolute atomic E-state index is 11.4. The summed E-state index contributed by atoms with van der Waals surface area (Å²) in [6.45, 7) is 5.53. The van der Waals surface area contributed by atoms with Crippen LogP contribution < -0.4 is 11.1 Å². The molecule has 3 N–H and O–H groups in total. The highest BCUT2D eigenvalue weighted by Gasteiger charge is 2.36. The van der Waals surface area contributed by atoms with Crippen LogP contribution in [0.3, 0.4) is 0 Å². The number of carbonyl (C=O) groups excluding carboxylic acids is 1. The molecule has 90 valence electrons. The summed E-state index contributed by atoms with van der Waals surface area (Å²) in [5.74, 6) is 0. The van der Waals surface area contributed by atoms with Crippen molar-refractivity contribution in [3.8, 4) is 0 Å². The Morgan fingerprint density at radius 1 is 1.69 bits per heavy atom. The molecule has 2 unspecified atom stereocenters. The minimum atomic E-state index is 0.0756. The van der Waals surface area contributed by atoms with Gasteiger partial charge in [-0.1, -0.05) is 12.2 Å². The standard InChI is InChI=1S/C10H18N4OS/c1-7(4-9(11)16)13-2-3-14-8(6-13)5-12-10(14)15/h7-8H,2-6H2,1H3,(H2,11,16)(H,12,15). The lowest BCUT2D eigenvalue weighted by Gasteiger charge is -2.39. The average molecular weight is 242 g/mol. The molecule has 2 fully saturated rings. The van der Waals surface area contributed by atoms with Gasteiger partial charge < -0.3 is 16.0 Å². The number of piperazine rings is 1. The van der Waals surface area contributed by atoms with Gasteiger partial charge in [-0.15, -0.1) is 0 Å². The van der Waals surface area contributed by atoms with Crippen LogP contribution in [0.15, 0.2) is 0 Å². The van der Waals surface area contributed by atoms with Crippen molar-refractivity contribution in [1.29, 1.82) is 0 Å². The van der Waals surface area contributed by atoms with Gasteiger partial charge in [0.1, 0.15) is 0 Å². The second-order valence-corrected chi connectivity index (χ2v) is 5.07. The smallest absolute Gasteiger partial charge is 0.317 e.